The van der Waals surface area contributed by atoms with Crippen LogP contribution < -0.4 is 0 Å². The third-order valence-electron chi connectivity index (χ3n) is 4.18. The molecule has 1 saturated heterocycles. The van der Waals surface area contributed by atoms with Gasteiger partial charge in [-0.15, -0.1) is 0 Å². The highest BCUT2D eigenvalue weighted by Gasteiger charge is 2.49. The van der Waals surface area contributed by atoms with E-state index in [0.29, 0.717) is 13.2 Å². The highest BCUT2D eigenvalue weighted by Crippen LogP contribution is 2.38. The van der Waals surface area contributed by atoms with Crippen molar-refractivity contribution < 1.29 is 23.9 Å². The average molecular weight is 295 g/mol. The lowest BCUT2D eigenvalue weighted by Crippen LogP contribution is -2.62. The van der Waals surface area contributed by atoms with E-state index in [1.54, 1.807) is 4.90 Å². The summed E-state index contributed by atoms with van der Waals surface area (Å²) in [6.07, 6.45) is 4.54. The van der Waals surface area contributed by atoms with Gasteiger partial charge >= 0.3 is 17.6 Å². The fourth-order valence-corrected chi connectivity index (χ4v) is 3.09. The number of methoxy groups -OCH3 is 1. The predicted octanol–water partition coefficient (Wildman–Crippen LogP) is 0.985. The average Bonchev–Trinajstić information content (AvgIpc) is 2.51. The lowest BCUT2D eigenvalue weighted by Gasteiger charge is -2.49. The maximum Gasteiger partial charge on any atom is 0.463 e. The zero-order valence-corrected chi connectivity index (χ0v) is 12.5. The largest absolute Gasteiger partial charge is 0.463 e. The second kappa shape index (κ2) is 6.37. The molecular formula is C14H21N3O4. The molecule has 1 heterocycles. The van der Waals surface area contributed by atoms with E-state index in [9.17, 15) is 9.59 Å². The van der Waals surface area contributed by atoms with E-state index in [1.165, 1.54) is 0 Å². The van der Waals surface area contributed by atoms with Crippen LogP contribution >= 0.6 is 0 Å². The van der Waals surface area contributed by atoms with Crippen molar-refractivity contribution in [3.05, 3.63) is 5.53 Å². The maximum absolute atomic E-state index is 12.6. The Morgan fingerprint density at radius 1 is 1.33 bits per heavy atom. The van der Waals surface area contributed by atoms with E-state index in [1.807, 2.05) is 6.92 Å². The van der Waals surface area contributed by atoms with Gasteiger partial charge in [0.2, 0.25) is 0 Å². The van der Waals surface area contributed by atoms with Gasteiger partial charge in [0.05, 0.1) is 13.7 Å². The van der Waals surface area contributed by atoms with E-state index in [2.05, 4.69) is 9.53 Å². The molecule has 1 spiro atoms. The first-order chi connectivity index (χ1) is 10.0. The predicted molar refractivity (Wildman–Crippen MR) is 73.3 cm³/mol. The molecule has 0 N–H and O–H groups in total. The standard InChI is InChI=1S/C14H21N3O4/c1-10-8-17(12(18)11(16-15)13(19)20-2)14(21-9-10)6-4-3-5-7-14/h10H,3-9H2,1-2H3. The maximum atomic E-state index is 12.6. The van der Waals surface area contributed by atoms with Crippen molar-refractivity contribution in [3.63, 3.8) is 0 Å². The third-order valence-corrected chi connectivity index (χ3v) is 4.18. The summed E-state index contributed by atoms with van der Waals surface area (Å²) in [5, 5.41) is 0. The van der Waals surface area contributed by atoms with Crippen LogP contribution in [0.1, 0.15) is 39.0 Å². The molecule has 1 saturated carbocycles. The van der Waals surface area contributed by atoms with Crippen molar-refractivity contribution in [2.75, 3.05) is 20.3 Å². The van der Waals surface area contributed by atoms with E-state index in [0.717, 1.165) is 39.2 Å². The van der Waals surface area contributed by atoms with Crippen LogP contribution in [-0.4, -0.2) is 53.3 Å². The van der Waals surface area contributed by atoms with Gasteiger partial charge in [0, 0.05) is 6.54 Å². The first kappa shape index (κ1) is 15.7. The zero-order chi connectivity index (χ0) is 15.5. The summed E-state index contributed by atoms with van der Waals surface area (Å²) in [6, 6.07) is 0. The van der Waals surface area contributed by atoms with E-state index in [-0.39, 0.29) is 5.92 Å². The number of rotatable bonds is 2. The number of amides is 1. The van der Waals surface area contributed by atoms with Crippen LogP contribution in [0.25, 0.3) is 5.53 Å². The molecule has 0 radical (unpaired) electrons. The summed E-state index contributed by atoms with van der Waals surface area (Å²) in [5.74, 6) is -1.40. The van der Waals surface area contributed by atoms with Crippen LogP contribution in [0.3, 0.4) is 0 Å². The van der Waals surface area contributed by atoms with E-state index < -0.39 is 23.3 Å². The zero-order valence-electron chi connectivity index (χ0n) is 12.5. The van der Waals surface area contributed by atoms with Crippen molar-refractivity contribution in [1.82, 2.24) is 4.90 Å². The van der Waals surface area contributed by atoms with Crippen molar-refractivity contribution >= 4 is 17.6 Å². The van der Waals surface area contributed by atoms with Gasteiger partial charge in [-0.25, -0.2) is 4.79 Å². The van der Waals surface area contributed by atoms with E-state index in [4.69, 9.17) is 10.3 Å². The van der Waals surface area contributed by atoms with Crippen molar-refractivity contribution in [2.45, 2.75) is 44.8 Å². The molecule has 0 aromatic rings. The van der Waals surface area contributed by atoms with Gasteiger partial charge in [-0.1, -0.05) is 13.3 Å². The summed E-state index contributed by atoms with van der Waals surface area (Å²) in [6.45, 7) is 3.05. The monoisotopic (exact) mass is 295 g/mol. The summed E-state index contributed by atoms with van der Waals surface area (Å²) in [5.41, 5.74) is 7.71. The van der Waals surface area contributed by atoms with Crippen LogP contribution in [0.2, 0.25) is 0 Å². The van der Waals surface area contributed by atoms with Crippen LogP contribution in [0.4, 0.5) is 0 Å². The Hall–Kier alpha value is -1.72. The molecule has 116 valence electrons. The van der Waals surface area contributed by atoms with Gasteiger partial charge < -0.3 is 19.9 Å². The lowest BCUT2D eigenvalue weighted by atomic mass is 9.87. The van der Waals surface area contributed by atoms with Crippen molar-refractivity contribution in [1.29, 1.82) is 0 Å². The molecule has 1 aliphatic carbocycles. The summed E-state index contributed by atoms with van der Waals surface area (Å²) >= 11 is 0. The molecule has 0 aromatic carbocycles. The SMILES string of the molecule is COC(=O)C(=[N+]=[N-])C(=O)N1CC(C)COC12CCCCC2. The molecule has 1 atom stereocenters. The summed E-state index contributed by atoms with van der Waals surface area (Å²) in [7, 11) is 1.15. The normalized spacial score (nSPS) is 24.3. The molecule has 2 aliphatic rings. The van der Waals surface area contributed by atoms with Crippen LogP contribution in [0.15, 0.2) is 0 Å². The first-order valence-electron chi connectivity index (χ1n) is 7.30. The number of hydrogen-bond acceptors (Lipinski definition) is 4. The number of hydrogen-bond donors (Lipinski definition) is 0. The number of ether oxygens (including phenoxy) is 2. The van der Waals surface area contributed by atoms with Gasteiger partial charge in [-0.05, 0) is 31.6 Å². The first-order valence-corrected chi connectivity index (χ1v) is 7.30. The Labute approximate surface area is 123 Å². The molecular weight excluding hydrogens is 274 g/mol. The second-order valence-electron chi connectivity index (χ2n) is 5.78. The molecule has 2 rings (SSSR count). The molecule has 0 bridgehead atoms. The van der Waals surface area contributed by atoms with Crippen LogP contribution in [0.5, 0.6) is 0 Å². The van der Waals surface area contributed by atoms with Gasteiger partial charge in [-0.3, -0.25) is 4.79 Å². The van der Waals surface area contributed by atoms with Crippen LogP contribution in [0, 0.1) is 5.92 Å². The van der Waals surface area contributed by atoms with Gasteiger partial charge in [0.15, 0.2) is 0 Å². The molecule has 7 heteroatoms. The Morgan fingerprint density at radius 2 is 2.00 bits per heavy atom. The number of esters is 1. The van der Waals surface area contributed by atoms with Gasteiger partial charge in [0.25, 0.3) is 0 Å². The summed E-state index contributed by atoms with van der Waals surface area (Å²) in [4.78, 5) is 28.6. The molecule has 1 aliphatic heterocycles. The highest BCUT2D eigenvalue weighted by molar-refractivity contribution is 6.61. The minimum atomic E-state index is -0.938. The lowest BCUT2D eigenvalue weighted by molar-refractivity contribution is -0.215. The second-order valence-corrected chi connectivity index (χ2v) is 5.78. The van der Waals surface area contributed by atoms with Gasteiger partial charge in [0.1, 0.15) is 5.72 Å². The van der Waals surface area contributed by atoms with Crippen molar-refractivity contribution in [2.24, 2.45) is 5.92 Å². The quantitative estimate of drug-likeness (QED) is 0.250. The molecule has 1 amide bonds. The Kier molecular flexibility index (Phi) is 4.75. The van der Waals surface area contributed by atoms with Crippen molar-refractivity contribution in [3.8, 4) is 0 Å². The molecule has 2 fully saturated rings. The third kappa shape index (κ3) is 2.99. The smallest absolute Gasteiger partial charge is 0.460 e. The van der Waals surface area contributed by atoms with Crippen LogP contribution in [-0.2, 0) is 19.1 Å². The topological polar surface area (TPSA) is 92.2 Å². The Morgan fingerprint density at radius 3 is 2.57 bits per heavy atom. The highest BCUT2D eigenvalue weighted by atomic mass is 16.5. The molecule has 0 aromatic heterocycles. The number of nitrogens with zero attached hydrogens (tertiary/aromatic N) is 3. The molecule has 1 unspecified atom stereocenters. The Bertz CT molecular complexity index is 479. The van der Waals surface area contributed by atoms with E-state index >= 15 is 0 Å². The minimum Gasteiger partial charge on any atom is -0.460 e. The minimum absolute atomic E-state index is 0.166. The molecule has 7 nitrogen and oxygen atoms in total. The Balaban J connectivity index is 2.29. The molecule has 21 heavy (non-hydrogen) atoms. The fourth-order valence-electron chi connectivity index (χ4n) is 3.09. The number of carbonyl (C=O) groups is 2. The van der Waals surface area contributed by atoms with Gasteiger partial charge in [-0.2, -0.15) is 4.79 Å². The number of carbonyl (C=O) groups excluding carboxylic acids is 2. The fraction of sp³-hybridized carbons (Fsp3) is 0.786. The summed E-state index contributed by atoms with van der Waals surface area (Å²) < 4.78 is 10.5.